The number of carbonyl (C=O) groups is 1. The Labute approximate surface area is 128 Å². The number of nitrogens with zero attached hydrogens (tertiary/aromatic N) is 2. The summed E-state index contributed by atoms with van der Waals surface area (Å²) in [6.45, 7) is 6.39. The van der Waals surface area contributed by atoms with Crippen molar-refractivity contribution in [2.75, 3.05) is 32.8 Å². The first kappa shape index (κ1) is 16.5. The number of rotatable bonds is 5. The van der Waals surface area contributed by atoms with Gasteiger partial charge in [-0.2, -0.15) is 0 Å². The Hall–Kier alpha value is -0.870. The van der Waals surface area contributed by atoms with Crippen molar-refractivity contribution in [1.82, 2.24) is 9.80 Å². The minimum atomic E-state index is 0.269. The van der Waals surface area contributed by atoms with Gasteiger partial charge in [0, 0.05) is 38.7 Å². The Morgan fingerprint density at radius 1 is 1.19 bits per heavy atom. The number of carbonyl (C=O) groups excluding carboxylic acids is 1. The zero-order chi connectivity index (χ0) is 15.1. The van der Waals surface area contributed by atoms with Crippen molar-refractivity contribution in [2.24, 2.45) is 5.92 Å². The molecule has 0 aromatic carbocycles. The van der Waals surface area contributed by atoms with Crippen LogP contribution in [-0.2, 0) is 4.79 Å². The highest BCUT2D eigenvalue weighted by Crippen LogP contribution is 2.23. The van der Waals surface area contributed by atoms with E-state index in [1.807, 2.05) is 11.0 Å². The van der Waals surface area contributed by atoms with Crippen LogP contribution in [0.5, 0.6) is 0 Å². The van der Waals surface area contributed by atoms with Crippen molar-refractivity contribution in [3.8, 4) is 0 Å². The average Bonchev–Trinajstić information content (AvgIpc) is 2.55. The molecule has 0 aromatic rings. The fourth-order valence-corrected chi connectivity index (χ4v) is 3.54. The van der Waals surface area contributed by atoms with Crippen LogP contribution in [0.3, 0.4) is 0 Å². The molecule has 1 amide bonds. The van der Waals surface area contributed by atoms with Gasteiger partial charge in [-0.25, -0.2) is 0 Å². The van der Waals surface area contributed by atoms with E-state index >= 15 is 0 Å². The monoisotopic (exact) mass is 294 g/mol. The predicted octanol–water partition coefficient (Wildman–Crippen LogP) is 2.04. The predicted molar refractivity (Wildman–Crippen MR) is 85.0 cm³/mol. The third-order valence-electron chi connectivity index (χ3n) is 4.84. The molecule has 4 nitrogen and oxygen atoms in total. The molecule has 4 heteroatoms. The quantitative estimate of drug-likeness (QED) is 0.789. The highest BCUT2D eigenvalue weighted by molar-refractivity contribution is 5.77. The van der Waals surface area contributed by atoms with E-state index in [2.05, 4.69) is 17.9 Å². The van der Waals surface area contributed by atoms with Crippen molar-refractivity contribution < 1.29 is 9.90 Å². The molecule has 2 saturated heterocycles. The number of aliphatic hydroxyl groups is 1. The number of hydrogen-bond acceptors (Lipinski definition) is 3. The van der Waals surface area contributed by atoms with Crippen LogP contribution in [0.4, 0.5) is 0 Å². The maximum Gasteiger partial charge on any atom is 0.226 e. The van der Waals surface area contributed by atoms with Crippen molar-refractivity contribution in [3.05, 3.63) is 12.2 Å². The van der Waals surface area contributed by atoms with Gasteiger partial charge >= 0.3 is 0 Å². The molecule has 2 aliphatic rings. The van der Waals surface area contributed by atoms with Crippen LogP contribution in [-0.4, -0.2) is 59.6 Å². The first-order valence-electron chi connectivity index (χ1n) is 8.52. The maximum atomic E-state index is 12.1. The number of piperidine rings is 2. The van der Waals surface area contributed by atoms with E-state index in [0.29, 0.717) is 25.0 Å². The number of likely N-dealkylation sites (tertiary alicyclic amines) is 2. The summed E-state index contributed by atoms with van der Waals surface area (Å²) in [4.78, 5) is 16.6. The first-order chi connectivity index (χ1) is 10.2. The Morgan fingerprint density at radius 2 is 1.95 bits per heavy atom. The Bertz CT molecular complexity index is 349. The molecule has 0 aromatic heterocycles. The molecule has 2 heterocycles. The smallest absolute Gasteiger partial charge is 0.226 e. The van der Waals surface area contributed by atoms with Gasteiger partial charge in [-0.15, -0.1) is 0 Å². The van der Waals surface area contributed by atoms with Gasteiger partial charge in [0.25, 0.3) is 0 Å². The molecule has 0 spiro atoms. The zero-order valence-electron chi connectivity index (χ0n) is 13.3. The van der Waals surface area contributed by atoms with Crippen molar-refractivity contribution >= 4 is 5.91 Å². The zero-order valence-corrected chi connectivity index (χ0v) is 13.3. The van der Waals surface area contributed by atoms with Crippen LogP contribution in [0.25, 0.3) is 0 Å². The summed E-state index contributed by atoms with van der Waals surface area (Å²) in [5, 5.41) is 9.34. The molecule has 1 atom stereocenters. The normalized spacial score (nSPS) is 25.6. The van der Waals surface area contributed by atoms with Crippen LogP contribution in [0.15, 0.2) is 12.2 Å². The number of allylic oxidation sites excluding steroid dienone is 1. The van der Waals surface area contributed by atoms with Crippen LogP contribution in [0.1, 0.15) is 45.4 Å². The molecule has 0 unspecified atom stereocenters. The lowest BCUT2D eigenvalue weighted by Crippen LogP contribution is -2.50. The molecule has 120 valence electrons. The van der Waals surface area contributed by atoms with Crippen molar-refractivity contribution in [3.63, 3.8) is 0 Å². The second-order valence-electron chi connectivity index (χ2n) is 6.38. The summed E-state index contributed by atoms with van der Waals surface area (Å²) in [6, 6.07) is 0.606. The molecule has 1 N–H and O–H groups in total. The number of hydrogen-bond donors (Lipinski definition) is 1. The minimum Gasteiger partial charge on any atom is -0.396 e. The third-order valence-corrected chi connectivity index (χ3v) is 4.84. The molecule has 2 rings (SSSR count). The number of aliphatic hydroxyl groups excluding tert-OH is 1. The van der Waals surface area contributed by atoms with E-state index < -0.39 is 0 Å². The molecule has 0 aliphatic carbocycles. The summed E-state index contributed by atoms with van der Waals surface area (Å²) < 4.78 is 0. The summed E-state index contributed by atoms with van der Waals surface area (Å²) in [6.07, 6.45) is 10.1. The van der Waals surface area contributed by atoms with E-state index in [4.69, 9.17) is 0 Å². The maximum absolute atomic E-state index is 12.1. The van der Waals surface area contributed by atoms with Crippen LogP contribution >= 0.6 is 0 Å². The molecule has 0 saturated carbocycles. The molecule has 2 fully saturated rings. The molecule has 0 bridgehead atoms. The number of amides is 1. The van der Waals surface area contributed by atoms with Gasteiger partial charge in [0.15, 0.2) is 0 Å². The molecule has 21 heavy (non-hydrogen) atoms. The molecule has 2 aliphatic heterocycles. The van der Waals surface area contributed by atoms with Crippen LogP contribution in [0.2, 0.25) is 0 Å². The van der Waals surface area contributed by atoms with Gasteiger partial charge in [-0.3, -0.25) is 9.69 Å². The van der Waals surface area contributed by atoms with E-state index in [1.54, 1.807) is 0 Å². The van der Waals surface area contributed by atoms with Crippen molar-refractivity contribution in [2.45, 2.75) is 51.5 Å². The largest absolute Gasteiger partial charge is 0.396 e. The van der Waals surface area contributed by atoms with E-state index in [0.717, 1.165) is 51.9 Å². The lowest BCUT2D eigenvalue weighted by Gasteiger charge is -2.42. The van der Waals surface area contributed by atoms with E-state index in [1.165, 1.54) is 6.42 Å². The summed E-state index contributed by atoms with van der Waals surface area (Å²) in [5.74, 6) is 0.725. The average molecular weight is 294 g/mol. The third kappa shape index (κ3) is 4.82. The standard InChI is InChI=1S/C17H30N2O2/c1-2-3-4-7-17(21)18-11-8-16(9-12-18)19-10-5-6-15(13-19)14-20/h3-4,15-16,20H,2,5-14H2,1H3/b4-3+/t15-/m1/s1. The Morgan fingerprint density at radius 3 is 2.62 bits per heavy atom. The second-order valence-corrected chi connectivity index (χ2v) is 6.38. The Kier molecular flexibility index (Phi) is 6.71. The highest BCUT2D eigenvalue weighted by atomic mass is 16.3. The summed E-state index contributed by atoms with van der Waals surface area (Å²) in [5.41, 5.74) is 0. The first-order valence-corrected chi connectivity index (χ1v) is 8.52. The van der Waals surface area contributed by atoms with Gasteiger partial charge in [0.1, 0.15) is 0 Å². The van der Waals surface area contributed by atoms with Gasteiger partial charge in [0.2, 0.25) is 5.91 Å². The fourth-order valence-electron chi connectivity index (χ4n) is 3.54. The van der Waals surface area contributed by atoms with Crippen LogP contribution in [0, 0.1) is 5.92 Å². The molecular weight excluding hydrogens is 264 g/mol. The lowest BCUT2D eigenvalue weighted by molar-refractivity contribution is -0.132. The van der Waals surface area contributed by atoms with Gasteiger partial charge in [-0.1, -0.05) is 19.1 Å². The highest BCUT2D eigenvalue weighted by Gasteiger charge is 2.29. The van der Waals surface area contributed by atoms with Gasteiger partial charge in [-0.05, 0) is 44.6 Å². The van der Waals surface area contributed by atoms with Crippen LogP contribution < -0.4 is 0 Å². The van der Waals surface area contributed by atoms with E-state index in [-0.39, 0.29) is 5.91 Å². The van der Waals surface area contributed by atoms with Gasteiger partial charge in [0.05, 0.1) is 0 Å². The summed E-state index contributed by atoms with van der Waals surface area (Å²) in [7, 11) is 0. The Balaban J connectivity index is 1.75. The van der Waals surface area contributed by atoms with Crippen molar-refractivity contribution in [1.29, 1.82) is 0 Å². The van der Waals surface area contributed by atoms with E-state index in [9.17, 15) is 9.90 Å². The lowest BCUT2D eigenvalue weighted by atomic mass is 9.94. The minimum absolute atomic E-state index is 0.269. The topological polar surface area (TPSA) is 43.8 Å². The second kappa shape index (κ2) is 8.54. The fraction of sp³-hybridized carbons (Fsp3) is 0.824. The van der Waals surface area contributed by atoms with Gasteiger partial charge < -0.3 is 10.0 Å². The molecule has 0 radical (unpaired) electrons. The summed E-state index contributed by atoms with van der Waals surface area (Å²) >= 11 is 0. The SMILES string of the molecule is CC/C=C/CC(=O)N1CCC(N2CCC[C@@H](CO)C2)CC1. The molecular formula is C17H30N2O2.